The van der Waals surface area contributed by atoms with E-state index < -0.39 is 23.5 Å². The van der Waals surface area contributed by atoms with Gasteiger partial charge in [0, 0.05) is 55.7 Å². The van der Waals surface area contributed by atoms with Crippen molar-refractivity contribution in [2.45, 2.75) is 51.0 Å². The fraction of sp³-hybridized carbons (Fsp3) is 0.438. The highest BCUT2D eigenvalue weighted by molar-refractivity contribution is 6.34. The van der Waals surface area contributed by atoms with E-state index in [9.17, 15) is 23.9 Å². The van der Waals surface area contributed by atoms with E-state index in [1.807, 2.05) is 4.90 Å². The van der Waals surface area contributed by atoms with E-state index in [4.69, 9.17) is 11.6 Å². The van der Waals surface area contributed by atoms with Gasteiger partial charge in [0.1, 0.15) is 11.6 Å². The lowest BCUT2D eigenvalue weighted by molar-refractivity contribution is -0.145. The molecule has 4 aliphatic rings. The molecule has 1 atom stereocenters. The summed E-state index contributed by atoms with van der Waals surface area (Å²) < 4.78 is 31.1. The molecular weight excluding hydrogens is 578 g/mol. The van der Waals surface area contributed by atoms with Crippen LogP contribution in [0, 0.1) is 23.5 Å². The number of amides is 1. The number of nitrogens with zero attached hydrogens (tertiary/aromatic N) is 4. The number of rotatable bonds is 6. The maximum absolute atomic E-state index is 15.3. The van der Waals surface area contributed by atoms with Crippen LogP contribution in [-0.4, -0.2) is 74.7 Å². The number of hydrogen-bond acceptors (Lipinski definition) is 5. The Morgan fingerprint density at radius 1 is 1.00 bits per heavy atom. The molecule has 7 rings (SSSR count). The van der Waals surface area contributed by atoms with Crippen LogP contribution < -0.4 is 0 Å². The Kier molecular flexibility index (Phi) is 6.89. The molecule has 0 radical (unpaired) electrons. The molecule has 1 saturated carbocycles. The Balaban J connectivity index is 1.25. The molecule has 224 valence electrons. The molecule has 0 spiro atoms. The summed E-state index contributed by atoms with van der Waals surface area (Å²) in [5, 5.41) is 13.6. The Hall–Kier alpha value is -3.63. The highest BCUT2D eigenvalue weighted by atomic mass is 35.5. The lowest BCUT2D eigenvalue weighted by Crippen LogP contribution is -2.66. The first kappa shape index (κ1) is 28.2. The highest BCUT2D eigenvalue weighted by Crippen LogP contribution is 2.44. The lowest BCUT2D eigenvalue weighted by atomic mass is 9.83. The van der Waals surface area contributed by atoms with Crippen molar-refractivity contribution in [1.29, 1.82) is 0 Å². The average Bonchev–Trinajstić information content (AvgIpc) is 3.72. The van der Waals surface area contributed by atoms with Crippen LogP contribution in [0.3, 0.4) is 0 Å². The number of carbonyl (C=O) groups excluding carboxylic acids is 2. The molecule has 11 heteroatoms. The monoisotopic (exact) mass is 608 g/mol. The molecule has 1 amide bonds. The number of carbonyl (C=O) groups is 3. The van der Waals surface area contributed by atoms with Gasteiger partial charge in [0.2, 0.25) is 5.91 Å². The second-order valence-electron chi connectivity index (χ2n) is 12.5. The van der Waals surface area contributed by atoms with Gasteiger partial charge in [-0.1, -0.05) is 24.6 Å². The summed E-state index contributed by atoms with van der Waals surface area (Å²) in [7, 11) is 0. The van der Waals surface area contributed by atoms with Crippen molar-refractivity contribution in [1.82, 2.24) is 19.6 Å². The lowest BCUT2D eigenvalue weighted by Gasteiger charge is -2.52. The molecule has 2 saturated heterocycles. The van der Waals surface area contributed by atoms with E-state index in [1.54, 1.807) is 6.07 Å². The van der Waals surface area contributed by atoms with Crippen LogP contribution in [0.2, 0.25) is 5.02 Å². The van der Waals surface area contributed by atoms with Gasteiger partial charge in [-0.3, -0.25) is 14.5 Å². The maximum Gasteiger partial charge on any atom is 0.335 e. The quantitative estimate of drug-likeness (QED) is 0.423. The van der Waals surface area contributed by atoms with E-state index in [0.717, 1.165) is 32.0 Å². The predicted octanol–water partition coefficient (Wildman–Crippen LogP) is 5.01. The molecular formula is C32H31ClF2N4O4. The molecule has 1 aromatic heterocycles. The number of carboxylic acid groups (broad SMARTS) is 1. The fourth-order valence-corrected chi connectivity index (χ4v) is 7.09. The zero-order chi connectivity index (χ0) is 30.2. The van der Waals surface area contributed by atoms with Crippen molar-refractivity contribution in [3.63, 3.8) is 0 Å². The summed E-state index contributed by atoms with van der Waals surface area (Å²) in [6, 6.07) is 6.77. The Morgan fingerprint density at radius 3 is 2.40 bits per heavy atom. The Bertz CT molecular complexity index is 1670. The molecule has 0 unspecified atom stereocenters. The molecule has 8 nitrogen and oxygen atoms in total. The van der Waals surface area contributed by atoms with Crippen LogP contribution in [0.1, 0.15) is 69.6 Å². The van der Waals surface area contributed by atoms with Crippen molar-refractivity contribution in [3.8, 4) is 11.3 Å². The van der Waals surface area contributed by atoms with Gasteiger partial charge in [-0.25, -0.2) is 13.6 Å². The van der Waals surface area contributed by atoms with Crippen LogP contribution in [0.15, 0.2) is 30.3 Å². The minimum atomic E-state index is -1.26. The number of aromatic nitrogens is 2. The van der Waals surface area contributed by atoms with Crippen LogP contribution in [0.25, 0.3) is 11.3 Å². The topological polar surface area (TPSA) is 95.7 Å². The van der Waals surface area contributed by atoms with Gasteiger partial charge in [-0.2, -0.15) is 9.78 Å². The van der Waals surface area contributed by atoms with Gasteiger partial charge in [0.05, 0.1) is 27.5 Å². The second kappa shape index (κ2) is 10.5. The standard InChI is InChI=1S/C32H31ClF2N4O4/c1-16-12-37(13-16)20-14-38(15-20)30(40)18-4-7-23-26(11-18)39(36-29(23)22-6-5-19(32(42)43)10-25(22)35)31(41)27-21(17-2-3-17)8-9-24(34)28(27)33/h5-6,8-10,16-18,20H,2-4,7,11-15H2,1H3,(H,42,43)/t18-/m0/s1. The van der Waals surface area contributed by atoms with Crippen LogP contribution in [0.5, 0.6) is 0 Å². The van der Waals surface area contributed by atoms with Crippen molar-refractivity contribution >= 4 is 29.4 Å². The van der Waals surface area contributed by atoms with Crippen LogP contribution >= 0.6 is 11.6 Å². The molecule has 0 bridgehead atoms. The third-order valence-corrected chi connectivity index (χ3v) is 9.80. The van der Waals surface area contributed by atoms with Gasteiger partial charge in [0.25, 0.3) is 5.91 Å². The fourth-order valence-electron chi connectivity index (χ4n) is 6.84. The minimum Gasteiger partial charge on any atom is -0.478 e. The third-order valence-electron chi connectivity index (χ3n) is 9.43. The molecule has 43 heavy (non-hydrogen) atoms. The Labute approximate surface area is 252 Å². The van der Waals surface area contributed by atoms with E-state index >= 15 is 4.39 Å². The van der Waals surface area contributed by atoms with Crippen molar-refractivity contribution in [2.75, 3.05) is 26.2 Å². The van der Waals surface area contributed by atoms with Gasteiger partial charge in [-0.05, 0) is 67.3 Å². The molecule has 3 aromatic rings. The summed E-state index contributed by atoms with van der Waals surface area (Å²) in [4.78, 5) is 43.4. The summed E-state index contributed by atoms with van der Waals surface area (Å²) in [6.45, 7) is 5.69. The van der Waals surface area contributed by atoms with Crippen molar-refractivity contribution < 1.29 is 28.3 Å². The number of halogens is 3. The van der Waals surface area contributed by atoms with Crippen molar-refractivity contribution in [3.05, 3.63) is 74.9 Å². The molecule has 2 aliphatic carbocycles. The van der Waals surface area contributed by atoms with E-state index in [-0.39, 0.29) is 51.6 Å². The zero-order valence-electron chi connectivity index (χ0n) is 23.7. The normalized spacial score (nSPS) is 20.8. The maximum atomic E-state index is 15.3. The van der Waals surface area contributed by atoms with Gasteiger partial charge >= 0.3 is 5.97 Å². The van der Waals surface area contributed by atoms with E-state index in [2.05, 4.69) is 16.9 Å². The van der Waals surface area contributed by atoms with Crippen molar-refractivity contribution in [2.24, 2.45) is 11.8 Å². The number of likely N-dealkylation sites (tertiary alicyclic amines) is 2. The molecule has 1 N–H and O–H groups in total. The van der Waals surface area contributed by atoms with Gasteiger partial charge in [0.15, 0.2) is 0 Å². The molecule has 2 aliphatic heterocycles. The average molecular weight is 609 g/mol. The largest absolute Gasteiger partial charge is 0.478 e. The first-order chi connectivity index (χ1) is 20.6. The number of hydrogen-bond donors (Lipinski definition) is 1. The zero-order valence-corrected chi connectivity index (χ0v) is 24.4. The number of carboxylic acids is 1. The van der Waals surface area contributed by atoms with E-state index in [0.29, 0.717) is 54.7 Å². The summed E-state index contributed by atoms with van der Waals surface area (Å²) >= 11 is 6.39. The summed E-state index contributed by atoms with van der Waals surface area (Å²) in [5.74, 6) is -2.98. The third kappa shape index (κ3) is 4.84. The minimum absolute atomic E-state index is 0.0247. The SMILES string of the molecule is CC1CN(C2CN(C(=O)[C@H]3CCc4c(-c5ccc(C(=O)O)cc5F)nn(C(=O)c5c(C6CC6)ccc(F)c5Cl)c4C3)C2)C1. The molecule has 3 heterocycles. The van der Waals surface area contributed by atoms with E-state index in [1.165, 1.54) is 22.9 Å². The summed E-state index contributed by atoms with van der Waals surface area (Å²) in [5.41, 5.74) is 1.83. The smallest absolute Gasteiger partial charge is 0.335 e. The first-order valence-electron chi connectivity index (χ1n) is 14.8. The number of benzene rings is 2. The van der Waals surface area contributed by atoms with Crippen LogP contribution in [-0.2, 0) is 17.6 Å². The van der Waals surface area contributed by atoms with Crippen LogP contribution in [0.4, 0.5) is 8.78 Å². The highest BCUT2D eigenvalue weighted by Gasteiger charge is 2.43. The van der Waals surface area contributed by atoms with Gasteiger partial charge in [-0.15, -0.1) is 0 Å². The first-order valence-corrected chi connectivity index (χ1v) is 15.2. The second-order valence-corrected chi connectivity index (χ2v) is 12.9. The predicted molar refractivity (Wildman–Crippen MR) is 154 cm³/mol. The molecule has 2 aromatic carbocycles. The number of aromatic carboxylic acids is 1. The number of fused-ring (bicyclic) bond motifs is 1. The summed E-state index contributed by atoms with van der Waals surface area (Å²) in [6.07, 6.45) is 2.81. The van der Waals surface area contributed by atoms with Gasteiger partial charge < -0.3 is 10.0 Å². The Morgan fingerprint density at radius 2 is 1.74 bits per heavy atom. The molecule has 3 fully saturated rings.